The first-order chi connectivity index (χ1) is 17.6. The third-order valence-corrected chi connectivity index (χ3v) is 6.62. The van der Waals surface area contributed by atoms with E-state index in [4.69, 9.17) is 9.47 Å². The van der Waals surface area contributed by atoms with Crippen LogP contribution in [0.4, 0.5) is 23.4 Å². The smallest absolute Gasteiger partial charge is 0.419 e. The van der Waals surface area contributed by atoms with Crippen molar-refractivity contribution in [2.75, 3.05) is 19.0 Å². The van der Waals surface area contributed by atoms with Crippen molar-refractivity contribution in [3.8, 4) is 11.4 Å². The van der Waals surface area contributed by atoms with Crippen LogP contribution in [-0.2, 0) is 16.8 Å². The molecule has 2 aromatic carbocycles. The number of alkyl halides is 3. The van der Waals surface area contributed by atoms with Crippen LogP contribution < -0.4 is 10.1 Å². The van der Waals surface area contributed by atoms with Gasteiger partial charge in [0.1, 0.15) is 23.2 Å². The molecular formula is C26H25F4N5O2. The van der Waals surface area contributed by atoms with Gasteiger partial charge in [0.15, 0.2) is 11.2 Å². The van der Waals surface area contributed by atoms with Crippen LogP contribution in [0.25, 0.3) is 16.7 Å². The SMILES string of the molecule is CCc1nc(NCC2(C(F)(F)F)CC(C)(c3cc(F)ccc3OC)O2)c2cnn(-c3ccccc3)c2n1. The maximum atomic E-state index is 14.3. The fourth-order valence-corrected chi connectivity index (χ4v) is 4.80. The molecule has 1 fully saturated rings. The summed E-state index contributed by atoms with van der Waals surface area (Å²) >= 11 is 0. The van der Waals surface area contributed by atoms with Crippen LogP contribution in [0.3, 0.4) is 0 Å². The maximum Gasteiger partial charge on any atom is 0.419 e. The molecule has 1 aliphatic rings. The largest absolute Gasteiger partial charge is 0.496 e. The number of rotatable bonds is 7. The van der Waals surface area contributed by atoms with Crippen LogP contribution >= 0.6 is 0 Å². The molecule has 0 bridgehead atoms. The standard InChI is InChI=1S/C26H25F4N5O2/c1-4-21-33-22(18-13-32-35(23(18)34-21)17-8-6-5-7-9-17)31-15-25(26(28,29)30)14-24(2,37-25)19-12-16(27)10-11-20(19)36-3/h5-13H,4,14-15H2,1-3H3,(H,31,33,34). The molecule has 11 heteroatoms. The van der Waals surface area contributed by atoms with E-state index in [0.717, 1.165) is 11.8 Å². The highest BCUT2D eigenvalue weighted by Crippen LogP contribution is 2.57. The number of nitrogens with zero attached hydrogens (tertiary/aromatic N) is 4. The molecule has 0 radical (unpaired) electrons. The highest BCUT2D eigenvalue weighted by Gasteiger charge is 2.68. The van der Waals surface area contributed by atoms with Gasteiger partial charge in [0, 0.05) is 18.4 Å². The molecule has 5 rings (SSSR count). The van der Waals surface area contributed by atoms with Crippen molar-refractivity contribution in [3.63, 3.8) is 0 Å². The molecule has 1 N–H and O–H groups in total. The van der Waals surface area contributed by atoms with Crippen molar-refractivity contribution in [2.24, 2.45) is 0 Å². The van der Waals surface area contributed by atoms with E-state index >= 15 is 0 Å². The Balaban J connectivity index is 1.47. The second-order valence-electron chi connectivity index (χ2n) is 9.17. The van der Waals surface area contributed by atoms with Crippen LogP contribution in [0.15, 0.2) is 54.7 Å². The quantitative estimate of drug-likeness (QED) is 0.324. The number of benzene rings is 2. The predicted molar refractivity (Wildman–Crippen MR) is 129 cm³/mol. The molecule has 0 saturated carbocycles. The highest BCUT2D eigenvalue weighted by atomic mass is 19.4. The van der Waals surface area contributed by atoms with Crippen LogP contribution in [-0.4, -0.2) is 45.2 Å². The molecule has 0 aliphatic carbocycles. The van der Waals surface area contributed by atoms with Crippen molar-refractivity contribution in [3.05, 3.63) is 71.9 Å². The van der Waals surface area contributed by atoms with Gasteiger partial charge in [0.05, 0.1) is 36.5 Å². The molecule has 7 nitrogen and oxygen atoms in total. The fraction of sp³-hybridized carbons (Fsp3) is 0.346. The third-order valence-electron chi connectivity index (χ3n) is 6.62. The summed E-state index contributed by atoms with van der Waals surface area (Å²) in [5.74, 6) is 0.353. The number of halogens is 4. The zero-order valence-electron chi connectivity index (χ0n) is 20.4. The molecule has 194 valence electrons. The van der Waals surface area contributed by atoms with Gasteiger partial charge in [0.2, 0.25) is 0 Å². The molecule has 1 saturated heterocycles. The number of ether oxygens (including phenoxy) is 2. The van der Waals surface area contributed by atoms with Crippen molar-refractivity contribution < 1.29 is 27.0 Å². The average molecular weight is 516 g/mol. The summed E-state index contributed by atoms with van der Waals surface area (Å²) in [7, 11) is 1.37. The Hall–Kier alpha value is -3.73. The Bertz CT molecular complexity index is 1430. The normalized spacial score (nSPS) is 21.6. The molecule has 0 spiro atoms. The van der Waals surface area contributed by atoms with Gasteiger partial charge in [-0.1, -0.05) is 25.1 Å². The molecule has 2 aromatic heterocycles. The van der Waals surface area contributed by atoms with Gasteiger partial charge in [-0.15, -0.1) is 0 Å². The number of aromatic nitrogens is 4. The summed E-state index contributed by atoms with van der Waals surface area (Å²) < 4.78 is 69.5. The zero-order chi connectivity index (χ0) is 26.4. The minimum absolute atomic E-state index is 0.219. The van der Waals surface area contributed by atoms with Crippen LogP contribution in [0, 0.1) is 5.82 Å². The van der Waals surface area contributed by atoms with Gasteiger partial charge in [-0.3, -0.25) is 0 Å². The average Bonchev–Trinajstić information content (AvgIpc) is 3.29. The van der Waals surface area contributed by atoms with Crippen molar-refractivity contribution in [2.45, 2.75) is 44.1 Å². The Morgan fingerprint density at radius 2 is 1.86 bits per heavy atom. The number of nitrogens with one attached hydrogen (secondary N) is 1. The first-order valence-corrected chi connectivity index (χ1v) is 11.7. The van der Waals surface area contributed by atoms with Crippen LogP contribution in [0.5, 0.6) is 5.75 Å². The molecule has 4 aromatic rings. The lowest BCUT2D eigenvalue weighted by atomic mass is 9.75. The monoisotopic (exact) mass is 515 g/mol. The number of anilines is 1. The lowest BCUT2D eigenvalue weighted by Gasteiger charge is -2.55. The fourth-order valence-electron chi connectivity index (χ4n) is 4.80. The van der Waals surface area contributed by atoms with E-state index in [1.165, 1.54) is 32.4 Å². The second-order valence-corrected chi connectivity index (χ2v) is 9.17. The number of para-hydroxylation sites is 1. The van der Waals surface area contributed by atoms with Gasteiger partial charge in [0.25, 0.3) is 0 Å². The Morgan fingerprint density at radius 3 is 2.51 bits per heavy atom. The molecule has 2 unspecified atom stereocenters. The Labute approximate surface area is 210 Å². The lowest BCUT2D eigenvalue weighted by Crippen LogP contribution is -2.67. The number of methoxy groups -OCH3 is 1. The van der Waals surface area contributed by atoms with Gasteiger partial charge in [-0.2, -0.15) is 18.3 Å². The summed E-state index contributed by atoms with van der Waals surface area (Å²) in [5.41, 5.74) is -2.45. The van der Waals surface area contributed by atoms with Crippen molar-refractivity contribution in [1.82, 2.24) is 19.7 Å². The Kier molecular flexibility index (Phi) is 6.06. The predicted octanol–water partition coefficient (Wildman–Crippen LogP) is 5.57. The zero-order valence-corrected chi connectivity index (χ0v) is 20.4. The van der Waals surface area contributed by atoms with E-state index in [9.17, 15) is 17.6 Å². The number of aryl methyl sites for hydroxylation is 1. The van der Waals surface area contributed by atoms with Gasteiger partial charge in [-0.05, 0) is 37.3 Å². The van der Waals surface area contributed by atoms with E-state index in [0.29, 0.717) is 23.3 Å². The molecule has 37 heavy (non-hydrogen) atoms. The van der Waals surface area contributed by atoms with E-state index in [1.54, 1.807) is 4.68 Å². The molecular weight excluding hydrogens is 490 g/mol. The summed E-state index contributed by atoms with van der Waals surface area (Å²) in [6.45, 7) is 2.75. The minimum Gasteiger partial charge on any atom is -0.496 e. The first kappa shape index (κ1) is 24.9. The number of hydrogen-bond donors (Lipinski definition) is 1. The number of hydrogen-bond acceptors (Lipinski definition) is 6. The Morgan fingerprint density at radius 1 is 1.14 bits per heavy atom. The van der Waals surface area contributed by atoms with Crippen LogP contribution in [0.1, 0.15) is 31.7 Å². The van der Waals surface area contributed by atoms with E-state index in [1.807, 2.05) is 37.3 Å². The third kappa shape index (κ3) is 4.26. The maximum absolute atomic E-state index is 14.3. The van der Waals surface area contributed by atoms with Crippen molar-refractivity contribution >= 4 is 16.9 Å². The van der Waals surface area contributed by atoms with Crippen LogP contribution in [0.2, 0.25) is 0 Å². The van der Waals surface area contributed by atoms with E-state index in [2.05, 4.69) is 20.4 Å². The summed E-state index contributed by atoms with van der Waals surface area (Å²) in [6, 6.07) is 13.0. The first-order valence-electron chi connectivity index (χ1n) is 11.7. The van der Waals surface area contributed by atoms with E-state index in [-0.39, 0.29) is 17.1 Å². The summed E-state index contributed by atoms with van der Waals surface area (Å²) in [4.78, 5) is 8.99. The van der Waals surface area contributed by atoms with Gasteiger partial charge < -0.3 is 14.8 Å². The van der Waals surface area contributed by atoms with Gasteiger partial charge >= 0.3 is 6.18 Å². The molecule has 1 aliphatic heterocycles. The topological polar surface area (TPSA) is 74.1 Å². The highest BCUT2D eigenvalue weighted by molar-refractivity contribution is 5.87. The molecule has 3 heterocycles. The number of fused-ring (bicyclic) bond motifs is 1. The molecule has 2 atom stereocenters. The minimum atomic E-state index is -4.70. The van der Waals surface area contributed by atoms with Crippen molar-refractivity contribution in [1.29, 1.82) is 0 Å². The lowest BCUT2D eigenvalue weighted by molar-refractivity contribution is -0.380. The summed E-state index contributed by atoms with van der Waals surface area (Å²) in [6.07, 6.45) is -3.14. The second kappa shape index (κ2) is 8.98. The summed E-state index contributed by atoms with van der Waals surface area (Å²) in [5, 5.41) is 7.72. The van der Waals surface area contributed by atoms with E-state index < -0.39 is 36.2 Å². The molecule has 0 amide bonds. The van der Waals surface area contributed by atoms with Gasteiger partial charge in [-0.25, -0.2) is 19.0 Å².